The largest absolute Gasteiger partial charge is 0.462 e. The molecule has 1 aromatic heterocycles. The predicted molar refractivity (Wildman–Crippen MR) is 95.9 cm³/mol. The van der Waals surface area contributed by atoms with Gasteiger partial charge in [0.15, 0.2) is 5.69 Å². The first-order chi connectivity index (χ1) is 12.8. The van der Waals surface area contributed by atoms with Crippen molar-refractivity contribution in [1.82, 2.24) is 0 Å². The van der Waals surface area contributed by atoms with Crippen molar-refractivity contribution in [2.24, 2.45) is 0 Å². The molecule has 0 saturated heterocycles. The highest BCUT2D eigenvalue weighted by Crippen LogP contribution is 2.32. The number of rotatable bonds is 4. The summed E-state index contributed by atoms with van der Waals surface area (Å²) in [4.78, 5) is 15.2. The quantitative estimate of drug-likeness (QED) is 0.660. The third-order valence-corrected chi connectivity index (χ3v) is 3.98. The molecule has 0 aliphatic rings. The van der Waals surface area contributed by atoms with Crippen molar-refractivity contribution in [3.63, 3.8) is 0 Å². The van der Waals surface area contributed by atoms with Gasteiger partial charge in [-0.25, -0.2) is 9.78 Å². The van der Waals surface area contributed by atoms with Gasteiger partial charge in [0, 0.05) is 24.7 Å². The zero-order valence-electron chi connectivity index (χ0n) is 14.8. The number of benzene rings is 2. The van der Waals surface area contributed by atoms with Crippen LogP contribution in [0.4, 0.5) is 24.5 Å². The molecule has 1 heterocycles. The van der Waals surface area contributed by atoms with Gasteiger partial charge in [0.25, 0.3) is 0 Å². The van der Waals surface area contributed by atoms with Crippen LogP contribution in [0.15, 0.2) is 48.5 Å². The number of aryl methyl sites for hydroxylation is 1. The van der Waals surface area contributed by atoms with Gasteiger partial charge in [-0.3, -0.25) is 0 Å². The van der Waals surface area contributed by atoms with Crippen LogP contribution in [0.25, 0.3) is 10.9 Å². The number of alkyl halides is 3. The van der Waals surface area contributed by atoms with E-state index >= 15 is 0 Å². The second-order valence-corrected chi connectivity index (χ2v) is 6.05. The number of fused-ring (bicyclic) bond motifs is 1. The van der Waals surface area contributed by atoms with Crippen LogP contribution in [0.2, 0.25) is 0 Å². The van der Waals surface area contributed by atoms with Crippen LogP contribution in [-0.4, -0.2) is 12.6 Å². The van der Waals surface area contributed by atoms with Gasteiger partial charge < -0.3 is 10.1 Å². The van der Waals surface area contributed by atoms with Gasteiger partial charge in [0.05, 0.1) is 28.8 Å². The smallest absolute Gasteiger partial charge is 0.416 e. The van der Waals surface area contributed by atoms with Gasteiger partial charge in [0.1, 0.15) is 0 Å². The Balaban J connectivity index is 2.05. The van der Waals surface area contributed by atoms with E-state index in [0.717, 1.165) is 23.3 Å². The SMILES string of the molecule is CCOC(=O)c1ccc2[nH+]c(C)cc(Nc3cccc(C(F)(F)F)c3)c2c1. The lowest BCUT2D eigenvalue weighted by Crippen LogP contribution is -2.12. The van der Waals surface area contributed by atoms with Crippen LogP contribution >= 0.6 is 0 Å². The first-order valence-electron chi connectivity index (χ1n) is 8.36. The van der Waals surface area contributed by atoms with E-state index in [1.54, 1.807) is 37.3 Å². The normalized spacial score (nSPS) is 11.4. The highest BCUT2D eigenvalue weighted by Gasteiger charge is 2.30. The molecule has 7 heteroatoms. The lowest BCUT2D eigenvalue weighted by atomic mass is 10.1. The lowest BCUT2D eigenvalue weighted by molar-refractivity contribution is -0.354. The number of nitrogens with one attached hydrogen (secondary N) is 2. The Kier molecular flexibility index (Phi) is 5.03. The maximum atomic E-state index is 13.0. The average Bonchev–Trinajstić information content (AvgIpc) is 2.61. The van der Waals surface area contributed by atoms with Crippen molar-refractivity contribution in [2.75, 3.05) is 11.9 Å². The summed E-state index contributed by atoms with van der Waals surface area (Å²) in [5.41, 5.74) is 2.10. The molecule has 3 rings (SSSR count). The molecule has 2 N–H and O–H groups in total. The fraction of sp³-hybridized carbons (Fsp3) is 0.200. The van der Waals surface area contributed by atoms with E-state index in [-0.39, 0.29) is 6.61 Å². The minimum Gasteiger partial charge on any atom is -0.462 e. The maximum Gasteiger partial charge on any atom is 0.416 e. The maximum absolute atomic E-state index is 13.0. The number of carbonyl (C=O) groups is 1. The Morgan fingerprint density at radius 2 is 1.93 bits per heavy atom. The van der Waals surface area contributed by atoms with Crippen molar-refractivity contribution in [2.45, 2.75) is 20.0 Å². The Labute approximate surface area is 154 Å². The minimum absolute atomic E-state index is 0.256. The standard InChI is InChI=1S/C20H17F3N2O2/c1-3-27-19(26)13-7-8-17-16(10-13)18(9-12(2)24-17)25-15-6-4-5-14(11-15)20(21,22)23/h4-11H,3H2,1-2H3,(H,24,25)/p+1. The zero-order chi connectivity index (χ0) is 19.6. The molecule has 140 valence electrons. The molecule has 0 radical (unpaired) electrons. The van der Waals surface area contributed by atoms with E-state index in [2.05, 4.69) is 10.3 Å². The van der Waals surface area contributed by atoms with Gasteiger partial charge >= 0.3 is 12.1 Å². The molecule has 2 aromatic carbocycles. The molecule has 0 bridgehead atoms. The second-order valence-electron chi connectivity index (χ2n) is 6.05. The summed E-state index contributed by atoms with van der Waals surface area (Å²) in [5.74, 6) is -0.454. The number of carbonyl (C=O) groups excluding carboxylic acids is 1. The average molecular weight is 375 g/mol. The number of halogens is 3. The summed E-state index contributed by atoms with van der Waals surface area (Å²) in [6.07, 6.45) is -4.42. The molecule has 0 saturated carbocycles. The number of hydrogen-bond acceptors (Lipinski definition) is 3. The zero-order valence-corrected chi connectivity index (χ0v) is 14.8. The Hall–Kier alpha value is -3.09. The van der Waals surface area contributed by atoms with Crippen LogP contribution in [0.5, 0.6) is 0 Å². The summed E-state index contributed by atoms with van der Waals surface area (Å²) in [6.45, 7) is 3.82. The number of pyridine rings is 1. The second kappa shape index (κ2) is 7.26. The minimum atomic E-state index is -4.42. The summed E-state index contributed by atoms with van der Waals surface area (Å²) in [6, 6.07) is 11.8. The summed E-state index contributed by atoms with van der Waals surface area (Å²) in [7, 11) is 0. The number of aromatic nitrogens is 1. The van der Waals surface area contributed by atoms with Crippen LogP contribution in [0.3, 0.4) is 0 Å². The summed E-state index contributed by atoms with van der Waals surface area (Å²) >= 11 is 0. The number of esters is 1. The van der Waals surface area contributed by atoms with E-state index in [9.17, 15) is 18.0 Å². The number of anilines is 2. The molecular formula is C20H18F3N2O2+. The van der Waals surface area contributed by atoms with Crippen molar-refractivity contribution in [1.29, 1.82) is 0 Å². The predicted octanol–water partition coefficient (Wildman–Crippen LogP) is 4.90. The van der Waals surface area contributed by atoms with E-state index in [1.807, 2.05) is 6.92 Å². The molecule has 4 nitrogen and oxygen atoms in total. The molecule has 3 aromatic rings. The first-order valence-corrected chi connectivity index (χ1v) is 8.36. The van der Waals surface area contributed by atoms with E-state index < -0.39 is 17.7 Å². The van der Waals surface area contributed by atoms with Gasteiger partial charge in [-0.05, 0) is 37.3 Å². The van der Waals surface area contributed by atoms with Gasteiger partial charge in [-0.1, -0.05) is 6.07 Å². The molecule has 0 unspecified atom stereocenters. The Morgan fingerprint density at radius 1 is 1.15 bits per heavy atom. The molecule has 0 amide bonds. The van der Waals surface area contributed by atoms with Crippen molar-refractivity contribution < 1.29 is 27.7 Å². The summed E-state index contributed by atoms with van der Waals surface area (Å²) in [5, 5.41) is 3.70. The number of aromatic amines is 1. The van der Waals surface area contributed by atoms with Crippen molar-refractivity contribution in [3.05, 3.63) is 65.4 Å². The van der Waals surface area contributed by atoms with Crippen molar-refractivity contribution in [3.8, 4) is 0 Å². The van der Waals surface area contributed by atoms with Crippen LogP contribution < -0.4 is 10.3 Å². The molecule has 27 heavy (non-hydrogen) atoms. The highest BCUT2D eigenvalue weighted by atomic mass is 19.4. The molecule has 0 atom stereocenters. The number of ether oxygens (including phenoxy) is 1. The van der Waals surface area contributed by atoms with Gasteiger partial charge in [-0.2, -0.15) is 13.2 Å². The fourth-order valence-electron chi connectivity index (χ4n) is 2.79. The lowest BCUT2D eigenvalue weighted by Gasteiger charge is -2.12. The van der Waals surface area contributed by atoms with E-state index in [4.69, 9.17) is 4.74 Å². The van der Waals surface area contributed by atoms with Crippen LogP contribution in [0.1, 0.15) is 28.5 Å². The number of hydrogen-bond donors (Lipinski definition) is 1. The van der Waals surface area contributed by atoms with Crippen LogP contribution in [0, 0.1) is 6.92 Å². The first kappa shape index (κ1) is 18.7. The molecule has 0 aliphatic carbocycles. The van der Waals surface area contributed by atoms with Crippen LogP contribution in [-0.2, 0) is 10.9 Å². The molecule has 0 spiro atoms. The fourth-order valence-corrected chi connectivity index (χ4v) is 2.79. The van der Waals surface area contributed by atoms with E-state index in [1.165, 1.54) is 6.07 Å². The summed E-state index contributed by atoms with van der Waals surface area (Å²) < 4.78 is 43.9. The third-order valence-electron chi connectivity index (χ3n) is 3.98. The topological polar surface area (TPSA) is 52.5 Å². The van der Waals surface area contributed by atoms with Gasteiger partial charge in [-0.15, -0.1) is 0 Å². The monoisotopic (exact) mass is 375 g/mol. The van der Waals surface area contributed by atoms with Gasteiger partial charge in [0.2, 0.25) is 5.52 Å². The molecular weight excluding hydrogens is 357 g/mol. The van der Waals surface area contributed by atoms with Crippen molar-refractivity contribution >= 4 is 28.2 Å². The highest BCUT2D eigenvalue weighted by molar-refractivity contribution is 5.98. The molecule has 0 fully saturated rings. The third kappa shape index (κ3) is 4.19. The molecule has 0 aliphatic heterocycles. The Morgan fingerprint density at radius 3 is 2.63 bits per heavy atom. The Bertz CT molecular complexity index is 1000. The van der Waals surface area contributed by atoms with E-state index in [0.29, 0.717) is 22.3 Å². The number of H-pyrrole nitrogens is 1.